The number of nitrogens with zero attached hydrogens (tertiary/aromatic N) is 3. The van der Waals surface area contributed by atoms with Crippen LogP contribution >= 0.6 is 11.3 Å². The SMILES string of the molecule is CCNC(=NCC(c1ccc(OC)cc1)N(C)C)NCCc1nc(C(F)(F)F)cs1. The summed E-state index contributed by atoms with van der Waals surface area (Å²) in [5.74, 6) is 1.41. The molecule has 1 aromatic heterocycles. The standard InChI is InChI=1S/C20H28F3N5OS/c1-5-24-19(25-11-10-18-27-17(13-30-18)20(21,22)23)26-12-16(28(2)3)14-6-8-15(29-4)9-7-14/h6-9,13,16H,5,10-12H2,1-4H3,(H2,24,25,26). The normalized spacial score (nSPS) is 13.4. The van der Waals surface area contributed by atoms with Gasteiger partial charge in [0.1, 0.15) is 5.75 Å². The molecule has 1 unspecified atom stereocenters. The fourth-order valence-electron chi connectivity index (χ4n) is 2.76. The van der Waals surface area contributed by atoms with Crippen LogP contribution in [0.2, 0.25) is 0 Å². The second-order valence-electron chi connectivity index (χ2n) is 6.77. The third-order valence-corrected chi connectivity index (χ3v) is 5.27. The Labute approximate surface area is 179 Å². The molecule has 0 saturated carbocycles. The fraction of sp³-hybridized carbons (Fsp3) is 0.500. The van der Waals surface area contributed by atoms with Crippen LogP contribution in [0.3, 0.4) is 0 Å². The summed E-state index contributed by atoms with van der Waals surface area (Å²) in [4.78, 5) is 10.4. The number of halogens is 3. The molecule has 0 amide bonds. The number of aliphatic imine (C=N–C) groups is 1. The Bertz CT molecular complexity index is 806. The molecule has 0 radical (unpaired) electrons. The van der Waals surface area contributed by atoms with Gasteiger partial charge >= 0.3 is 6.18 Å². The van der Waals surface area contributed by atoms with E-state index in [2.05, 4.69) is 25.5 Å². The zero-order chi connectivity index (χ0) is 22.1. The van der Waals surface area contributed by atoms with Gasteiger partial charge < -0.3 is 20.3 Å². The summed E-state index contributed by atoms with van der Waals surface area (Å²) in [6.45, 7) is 3.59. The topological polar surface area (TPSA) is 61.8 Å². The van der Waals surface area contributed by atoms with Gasteiger partial charge in [0, 0.05) is 24.9 Å². The van der Waals surface area contributed by atoms with Crippen LogP contribution in [-0.2, 0) is 12.6 Å². The third-order valence-electron chi connectivity index (χ3n) is 4.36. The van der Waals surface area contributed by atoms with Crippen molar-refractivity contribution in [2.45, 2.75) is 25.6 Å². The number of likely N-dealkylation sites (N-methyl/N-ethyl adjacent to an activating group) is 1. The number of alkyl halides is 3. The lowest BCUT2D eigenvalue weighted by atomic mass is 10.1. The molecule has 2 N–H and O–H groups in total. The van der Waals surface area contributed by atoms with Gasteiger partial charge in [-0.1, -0.05) is 12.1 Å². The van der Waals surface area contributed by atoms with E-state index in [1.54, 1.807) is 7.11 Å². The molecule has 0 bridgehead atoms. The summed E-state index contributed by atoms with van der Waals surface area (Å²) in [5.41, 5.74) is 0.277. The minimum Gasteiger partial charge on any atom is -0.497 e. The molecule has 0 aliphatic carbocycles. The molecule has 10 heteroatoms. The Balaban J connectivity index is 1.98. The van der Waals surface area contributed by atoms with E-state index in [1.807, 2.05) is 45.3 Å². The summed E-state index contributed by atoms with van der Waals surface area (Å²) in [6, 6.07) is 7.93. The molecule has 0 fully saturated rings. The quantitative estimate of drug-likeness (QED) is 0.458. The maximum Gasteiger partial charge on any atom is 0.434 e. The van der Waals surface area contributed by atoms with Crippen molar-refractivity contribution in [3.63, 3.8) is 0 Å². The molecule has 0 saturated heterocycles. The molecule has 1 heterocycles. The first kappa shape index (κ1) is 23.9. The molecule has 1 atom stereocenters. The minimum absolute atomic E-state index is 0.0691. The highest BCUT2D eigenvalue weighted by Crippen LogP contribution is 2.30. The summed E-state index contributed by atoms with van der Waals surface area (Å²) in [6.07, 6.45) is -4.01. The molecular formula is C20H28F3N5OS. The van der Waals surface area contributed by atoms with Gasteiger partial charge in [0.15, 0.2) is 11.7 Å². The summed E-state index contributed by atoms with van der Waals surface area (Å²) >= 11 is 1.02. The first-order chi connectivity index (χ1) is 14.2. The molecular weight excluding hydrogens is 415 g/mol. The second-order valence-corrected chi connectivity index (χ2v) is 7.72. The average Bonchev–Trinajstić information content (AvgIpc) is 3.18. The van der Waals surface area contributed by atoms with Crippen LogP contribution in [0.4, 0.5) is 13.2 Å². The van der Waals surface area contributed by atoms with Crippen molar-refractivity contribution in [3.8, 4) is 5.75 Å². The number of ether oxygens (including phenoxy) is 1. The van der Waals surface area contributed by atoms with Crippen molar-refractivity contribution in [3.05, 3.63) is 45.9 Å². The van der Waals surface area contributed by atoms with Crippen molar-refractivity contribution >= 4 is 17.3 Å². The molecule has 166 valence electrons. The number of guanidine groups is 1. The van der Waals surface area contributed by atoms with E-state index in [0.29, 0.717) is 37.0 Å². The molecule has 0 spiro atoms. The lowest BCUT2D eigenvalue weighted by Gasteiger charge is -2.24. The van der Waals surface area contributed by atoms with Gasteiger partial charge in [0.2, 0.25) is 0 Å². The molecule has 1 aromatic carbocycles. The summed E-state index contributed by atoms with van der Waals surface area (Å²) in [5, 5.41) is 7.82. The van der Waals surface area contributed by atoms with E-state index in [1.165, 1.54) is 0 Å². The van der Waals surface area contributed by atoms with Gasteiger partial charge in [-0.25, -0.2) is 4.98 Å². The molecule has 6 nitrogen and oxygen atoms in total. The average molecular weight is 444 g/mol. The maximum absolute atomic E-state index is 12.7. The largest absolute Gasteiger partial charge is 0.497 e. The van der Waals surface area contributed by atoms with Crippen molar-refractivity contribution in [2.24, 2.45) is 4.99 Å². The van der Waals surface area contributed by atoms with Crippen LogP contribution in [0.1, 0.15) is 29.2 Å². The Morgan fingerprint density at radius 2 is 1.93 bits per heavy atom. The molecule has 0 aliphatic rings. The van der Waals surface area contributed by atoms with Crippen molar-refractivity contribution < 1.29 is 17.9 Å². The number of thiazole rings is 1. The van der Waals surface area contributed by atoms with Gasteiger partial charge in [-0.3, -0.25) is 4.99 Å². The maximum atomic E-state index is 12.7. The fourth-order valence-corrected chi connectivity index (χ4v) is 3.56. The summed E-state index contributed by atoms with van der Waals surface area (Å²) in [7, 11) is 5.61. The third kappa shape index (κ3) is 7.17. The van der Waals surface area contributed by atoms with Crippen molar-refractivity contribution in [1.29, 1.82) is 0 Å². The predicted molar refractivity (Wildman–Crippen MR) is 114 cm³/mol. The number of hydrogen-bond acceptors (Lipinski definition) is 5. The van der Waals surface area contributed by atoms with Crippen LogP contribution in [0, 0.1) is 0 Å². The van der Waals surface area contributed by atoms with Crippen molar-refractivity contribution in [1.82, 2.24) is 20.5 Å². The Morgan fingerprint density at radius 1 is 1.23 bits per heavy atom. The first-order valence-corrected chi connectivity index (χ1v) is 10.5. The Hall–Kier alpha value is -2.33. The molecule has 30 heavy (non-hydrogen) atoms. The van der Waals surface area contributed by atoms with Gasteiger partial charge in [-0.15, -0.1) is 11.3 Å². The van der Waals surface area contributed by atoms with E-state index in [0.717, 1.165) is 28.0 Å². The molecule has 2 rings (SSSR count). The van der Waals surface area contributed by atoms with Gasteiger partial charge in [0.05, 0.1) is 24.7 Å². The van der Waals surface area contributed by atoms with Crippen molar-refractivity contribution in [2.75, 3.05) is 40.8 Å². The first-order valence-electron chi connectivity index (χ1n) is 9.58. The lowest BCUT2D eigenvalue weighted by Crippen LogP contribution is -2.39. The zero-order valence-corrected chi connectivity index (χ0v) is 18.4. The highest BCUT2D eigenvalue weighted by atomic mass is 32.1. The monoisotopic (exact) mass is 443 g/mol. The lowest BCUT2D eigenvalue weighted by molar-refractivity contribution is -0.140. The second kappa shape index (κ2) is 11.2. The number of aromatic nitrogens is 1. The van der Waals surface area contributed by atoms with E-state index < -0.39 is 11.9 Å². The van der Waals surface area contributed by atoms with Gasteiger partial charge in [-0.05, 0) is 38.7 Å². The minimum atomic E-state index is -4.40. The van der Waals surface area contributed by atoms with Crippen LogP contribution in [-0.4, -0.2) is 56.7 Å². The number of nitrogens with one attached hydrogen (secondary N) is 2. The molecule has 2 aromatic rings. The highest BCUT2D eigenvalue weighted by molar-refractivity contribution is 7.09. The predicted octanol–water partition coefficient (Wildman–Crippen LogP) is 3.57. The zero-order valence-electron chi connectivity index (χ0n) is 17.6. The Morgan fingerprint density at radius 3 is 2.47 bits per heavy atom. The van der Waals surface area contributed by atoms with Gasteiger partial charge in [-0.2, -0.15) is 13.2 Å². The number of hydrogen-bond donors (Lipinski definition) is 2. The highest BCUT2D eigenvalue weighted by Gasteiger charge is 2.33. The van der Waals surface area contributed by atoms with Crippen LogP contribution in [0.25, 0.3) is 0 Å². The van der Waals surface area contributed by atoms with E-state index >= 15 is 0 Å². The van der Waals surface area contributed by atoms with Crippen LogP contribution in [0.5, 0.6) is 5.75 Å². The Kier molecular flexibility index (Phi) is 8.91. The molecule has 0 aliphatic heterocycles. The van der Waals surface area contributed by atoms with Crippen LogP contribution < -0.4 is 15.4 Å². The summed E-state index contributed by atoms with van der Waals surface area (Å²) < 4.78 is 43.2. The smallest absolute Gasteiger partial charge is 0.434 e. The number of benzene rings is 1. The number of rotatable bonds is 9. The van der Waals surface area contributed by atoms with E-state index in [4.69, 9.17) is 4.74 Å². The van der Waals surface area contributed by atoms with Crippen LogP contribution in [0.15, 0.2) is 34.6 Å². The van der Waals surface area contributed by atoms with E-state index in [9.17, 15) is 13.2 Å². The number of methoxy groups -OCH3 is 1. The van der Waals surface area contributed by atoms with Gasteiger partial charge in [0.25, 0.3) is 0 Å². The van der Waals surface area contributed by atoms with E-state index in [-0.39, 0.29) is 6.04 Å².